The van der Waals surface area contributed by atoms with Crippen molar-refractivity contribution in [2.45, 2.75) is 63.0 Å². The van der Waals surface area contributed by atoms with Crippen molar-refractivity contribution in [3.63, 3.8) is 0 Å². The lowest BCUT2D eigenvalue weighted by molar-refractivity contribution is -0.0143. The van der Waals surface area contributed by atoms with Gasteiger partial charge in [0.2, 0.25) is 0 Å². The molecular formula is C33H42N2O5. The van der Waals surface area contributed by atoms with Crippen LogP contribution in [0, 0.1) is 17.8 Å². The molecule has 2 aromatic rings. The van der Waals surface area contributed by atoms with Crippen molar-refractivity contribution in [1.29, 1.82) is 0 Å². The fraction of sp³-hybridized carbons (Fsp3) is 0.545. The highest BCUT2D eigenvalue weighted by Crippen LogP contribution is 2.54. The van der Waals surface area contributed by atoms with Crippen LogP contribution in [-0.4, -0.2) is 73.6 Å². The SMILES string of the molecule is CC#C[C@@]1(O)CC[C@]2(CCOc3ccc(CN4CCOCC4)cc3)c3ccc(OC(=O)N(C)C)cc3CC[C@H]2C1. The van der Waals surface area contributed by atoms with E-state index in [1.807, 2.05) is 12.1 Å². The van der Waals surface area contributed by atoms with Crippen molar-refractivity contribution in [3.05, 3.63) is 59.2 Å². The second-order valence-electron chi connectivity index (χ2n) is 11.7. The Morgan fingerprint density at radius 3 is 2.60 bits per heavy atom. The third-order valence-corrected chi connectivity index (χ3v) is 8.90. The molecule has 214 valence electrons. The second-order valence-corrected chi connectivity index (χ2v) is 11.7. The van der Waals surface area contributed by atoms with Crippen LogP contribution < -0.4 is 9.47 Å². The number of aliphatic hydroxyl groups is 1. The van der Waals surface area contributed by atoms with Gasteiger partial charge >= 0.3 is 6.09 Å². The van der Waals surface area contributed by atoms with E-state index in [2.05, 4.69) is 47.1 Å². The first-order valence-corrected chi connectivity index (χ1v) is 14.5. The number of carbonyl (C=O) groups excluding carboxylic acids is 1. The smallest absolute Gasteiger partial charge is 0.414 e. The van der Waals surface area contributed by atoms with Crippen LogP contribution in [0.5, 0.6) is 11.5 Å². The Balaban J connectivity index is 1.31. The fourth-order valence-corrected chi connectivity index (χ4v) is 6.79. The summed E-state index contributed by atoms with van der Waals surface area (Å²) in [6, 6.07) is 14.5. The number of benzene rings is 2. The van der Waals surface area contributed by atoms with Crippen LogP contribution in [0.25, 0.3) is 0 Å². The number of amides is 1. The predicted octanol–water partition coefficient (Wildman–Crippen LogP) is 4.79. The molecule has 0 radical (unpaired) electrons. The highest BCUT2D eigenvalue weighted by Gasteiger charge is 2.51. The third-order valence-electron chi connectivity index (χ3n) is 8.90. The van der Waals surface area contributed by atoms with Crippen LogP contribution in [0.1, 0.15) is 55.7 Å². The van der Waals surface area contributed by atoms with E-state index < -0.39 is 5.60 Å². The first-order valence-electron chi connectivity index (χ1n) is 14.5. The minimum Gasteiger partial charge on any atom is -0.494 e. The Kier molecular flexibility index (Phi) is 8.70. The Hall–Kier alpha value is -3.05. The van der Waals surface area contributed by atoms with E-state index in [1.54, 1.807) is 21.0 Å². The Morgan fingerprint density at radius 2 is 1.88 bits per heavy atom. The number of aryl methyl sites for hydroxylation is 1. The van der Waals surface area contributed by atoms with E-state index in [1.165, 1.54) is 21.6 Å². The van der Waals surface area contributed by atoms with Gasteiger partial charge in [-0.25, -0.2) is 4.79 Å². The fourth-order valence-electron chi connectivity index (χ4n) is 6.79. The van der Waals surface area contributed by atoms with Gasteiger partial charge in [-0.1, -0.05) is 24.1 Å². The molecule has 2 fully saturated rings. The van der Waals surface area contributed by atoms with Crippen LogP contribution in [0.3, 0.4) is 0 Å². The summed E-state index contributed by atoms with van der Waals surface area (Å²) in [4.78, 5) is 16.0. The Morgan fingerprint density at radius 1 is 1.12 bits per heavy atom. The predicted molar refractivity (Wildman–Crippen MR) is 155 cm³/mol. The first kappa shape index (κ1) is 28.5. The van der Waals surface area contributed by atoms with E-state index in [4.69, 9.17) is 14.2 Å². The molecule has 1 aliphatic heterocycles. The van der Waals surface area contributed by atoms with E-state index in [0.29, 0.717) is 31.1 Å². The van der Waals surface area contributed by atoms with Crippen LogP contribution in [0.15, 0.2) is 42.5 Å². The molecular weight excluding hydrogens is 504 g/mol. The molecule has 0 bridgehead atoms. The summed E-state index contributed by atoms with van der Waals surface area (Å²) in [5.41, 5.74) is 2.75. The topological polar surface area (TPSA) is 71.5 Å². The molecule has 0 spiro atoms. The van der Waals surface area contributed by atoms with Crippen molar-refractivity contribution in [1.82, 2.24) is 9.80 Å². The van der Waals surface area contributed by atoms with Crippen molar-refractivity contribution >= 4 is 6.09 Å². The van der Waals surface area contributed by atoms with Gasteiger partial charge in [-0.05, 0) is 92.3 Å². The minimum atomic E-state index is -0.932. The molecule has 1 saturated heterocycles. The maximum absolute atomic E-state index is 12.1. The molecule has 0 unspecified atom stereocenters. The summed E-state index contributed by atoms with van der Waals surface area (Å²) in [6.07, 6.45) is 4.46. The quantitative estimate of drug-likeness (QED) is 0.504. The average Bonchev–Trinajstić information content (AvgIpc) is 2.95. The number of hydrogen-bond acceptors (Lipinski definition) is 6. The minimum absolute atomic E-state index is 0.115. The van der Waals surface area contributed by atoms with Gasteiger partial charge in [-0.2, -0.15) is 0 Å². The van der Waals surface area contributed by atoms with Crippen molar-refractivity contribution in [3.8, 4) is 23.3 Å². The largest absolute Gasteiger partial charge is 0.494 e. The van der Waals surface area contributed by atoms with E-state index in [9.17, 15) is 9.90 Å². The Bertz CT molecular complexity index is 1240. The van der Waals surface area contributed by atoms with Gasteiger partial charge in [0.25, 0.3) is 0 Å². The molecule has 1 amide bonds. The van der Waals surface area contributed by atoms with Gasteiger partial charge in [-0.15, -0.1) is 5.92 Å². The zero-order valence-corrected chi connectivity index (χ0v) is 24.1. The molecule has 2 aromatic carbocycles. The first-order chi connectivity index (χ1) is 19.3. The molecule has 1 heterocycles. The number of morpholine rings is 1. The summed E-state index contributed by atoms with van der Waals surface area (Å²) in [5, 5.41) is 11.2. The maximum atomic E-state index is 12.1. The van der Waals surface area contributed by atoms with E-state index >= 15 is 0 Å². The monoisotopic (exact) mass is 546 g/mol. The number of carbonyl (C=O) groups is 1. The molecule has 1 saturated carbocycles. The molecule has 3 aliphatic rings. The second kappa shape index (κ2) is 12.2. The van der Waals surface area contributed by atoms with Crippen molar-refractivity contribution in [2.24, 2.45) is 5.92 Å². The summed E-state index contributed by atoms with van der Waals surface area (Å²) in [5.74, 6) is 7.80. The summed E-state index contributed by atoms with van der Waals surface area (Å²) in [6.45, 7) is 6.88. The molecule has 5 rings (SSSR count). The zero-order chi connectivity index (χ0) is 28.2. The van der Waals surface area contributed by atoms with Crippen molar-refractivity contribution in [2.75, 3.05) is 47.0 Å². The normalized spacial score (nSPS) is 26.1. The van der Waals surface area contributed by atoms with Gasteiger partial charge in [-0.3, -0.25) is 4.90 Å². The van der Waals surface area contributed by atoms with Gasteiger partial charge in [0.05, 0.1) is 19.8 Å². The van der Waals surface area contributed by atoms with E-state index in [-0.39, 0.29) is 11.5 Å². The van der Waals surface area contributed by atoms with Crippen LogP contribution in [-0.2, 0) is 23.1 Å². The van der Waals surface area contributed by atoms with E-state index in [0.717, 1.165) is 64.3 Å². The molecule has 3 atom stereocenters. The van der Waals surface area contributed by atoms with Crippen LogP contribution in [0.2, 0.25) is 0 Å². The van der Waals surface area contributed by atoms with Gasteiger partial charge in [0, 0.05) is 39.1 Å². The number of nitrogens with zero attached hydrogens (tertiary/aromatic N) is 2. The summed E-state index contributed by atoms with van der Waals surface area (Å²) < 4.78 is 17.3. The van der Waals surface area contributed by atoms with Crippen LogP contribution >= 0.6 is 0 Å². The zero-order valence-electron chi connectivity index (χ0n) is 24.1. The molecule has 0 aromatic heterocycles. The highest BCUT2D eigenvalue weighted by molar-refractivity contribution is 5.70. The third kappa shape index (κ3) is 6.30. The molecule has 40 heavy (non-hydrogen) atoms. The van der Waals surface area contributed by atoms with Gasteiger partial charge < -0.3 is 24.2 Å². The summed E-state index contributed by atoms with van der Waals surface area (Å²) in [7, 11) is 3.36. The lowest BCUT2D eigenvalue weighted by atomic mass is 9.53. The molecule has 7 heteroatoms. The molecule has 1 N–H and O–H groups in total. The van der Waals surface area contributed by atoms with Gasteiger partial charge in [0.15, 0.2) is 0 Å². The standard InChI is InChI=1S/C33H42N2O5/c1-4-13-32(37)14-15-33(16-19-39-28-9-5-25(6-10-28)24-35-17-20-38-21-18-35)27(23-32)8-7-26-22-29(11-12-30(26)33)40-31(36)34(2)3/h5-6,9-12,22,27,37H,7-8,14-21,23-24H2,1-3H3/t27-,32+,33+/m0/s1. The number of fused-ring (bicyclic) bond motifs is 3. The van der Waals surface area contributed by atoms with Crippen molar-refractivity contribution < 1.29 is 24.1 Å². The number of hydrogen-bond donors (Lipinski definition) is 1. The molecule has 2 aliphatic carbocycles. The van der Waals surface area contributed by atoms with Gasteiger partial charge in [0.1, 0.15) is 17.1 Å². The summed E-state index contributed by atoms with van der Waals surface area (Å²) >= 11 is 0. The Labute approximate surface area is 238 Å². The average molecular weight is 547 g/mol. The highest BCUT2D eigenvalue weighted by atomic mass is 16.6. The number of rotatable bonds is 7. The lowest BCUT2D eigenvalue weighted by Gasteiger charge is -2.52. The molecule has 7 nitrogen and oxygen atoms in total. The maximum Gasteiger partial charge on any atom is 0.414 e. The lowest BCUT2D eigenvalue weighted by Crippen LogP contribution is -2.50. The van der Waals surface area contributed by atoms with Crippen LogP contribution in [0.4, 0.5) is 4.79 Å². The number of ether oxygens (including phenoxy) is 3.